The van der Waals surface area contributed by atoms with Gasteiger partial charge in [0, 0.05) is 14.1 Å². The van der Waals surface area contributed by atoms with Crippen molar-refractivity contribution in [3.8, 4) is 6.07 Å². The van der Waals surface area contributed by atoms with E-state index in [1.807, 2.05) is 37.3 Å². The van der Waals surface area contributed by atoms with Crippen molar-refractivity contribution in [2.45, 2.75) is 26.2 Å². The van der Waals surface area contributed by atoms with E-state index >= 15 is 0 Å². The van der Waals surface area contributed by atoms with E-state index < -0.39 is 0 Å². The molecule has 1 rings (SSSR count). The minimum absolute atomic E-state index is 0.131. The molecule has 0 saturated carbocycles. The topological polar surface area (TPSA) is 30.3 Å². The van der Waals surface area contributed by atoms with Crippen LogP contribution in [0.5, 0.6) is 0 Å². The Morgan fingerprint density at radius 2 is 1.94 bits per heavy atom. The SMILES string of the molecule is CCN1CCC(C#N)(CC=CC=CN(C)C)CC1. The van der Waals surface area contributed by atoms with Gasteiger partial charge in [0.15, 0.2) is 0 Å². The standard InChI is InChI=1S/C15H25N3/c1-4-18-12-9-15(14-16,10-13-18)8-6-5-7-11-17(2)3/h5-7,11H,4,8-10,12-13H2,1-3H3. The summed E-state index contributed by atoms with van der Waals surface area (Å²) in [5, 5.41) is 9.42. The molecule has 1 saturated heterocycles. The van der Waals surface area contributed by atoms with Crippen LogP contribution in [0.15, 0.2) is 24.4 Å². The van der Waals surface area contributed by atoms with Crippen LogP contribution in [0.25, 0.3) is 0 Å². The van der Waals surface area contributed by atoms with Crippen molar-refractivity contribution in [1.82, 2.24) is 9.80 Å². The maximum absolute atomic E-state index is 9.42. The summed E-state index contributed by atoms with van der Waals surface area (Å²) in [7, 11) is 4.00. The van der Waals surface area contributed by atoms with E-state index in [1.165, 1.54) is 0 Å². The van der Waals surface area contributed by atoms with Crippen molar-refractivity contribution < 1.29 is 0 Å². The third-order valence-corrected chi connectivity index (χ3v) is 3.64. The molecule has 0 bridgehead atoms. The first-order chi connectivity index (χ1) is 8.62. The van der Waals surface area contributed by atoms with Crippen LogP contribution in [0.3, 0.4) is 0 Å². The fourth-order valence-electron chi connectivity index (χ4n) is 2.25. The molecule has 0 atom stereocenters. The van der Waals surface area contributed by atoms with Gasteiger partial charge in [-0.3, -0.25) is 0 Å². The molecule has 0 aliphatic carbocycles. The fraction of sp³-hybridized carbons (Fsp3) is 0.667. The zero-order chi connectivity index (χ0) is 13.4. The predicted molar refractivity (Wildman–Crippen MR) is 76.0 cm³/mol. The highest BCUT2D eigenvalue weighted by Gasteiger charge is 2.32. The minimum atomic E-state index is -0.131. The highest BCUT2D eigenvalue weighted by Crippen LogP contribution is 2.34. The van der Waals surface area contributed by atoms with Crippen molar-refractivity contribution in [2.24, 2.45) is 5.41 Å². The van der Waals surface area contributed by atoms with Gasteiger partial charge in [-0.2, -0.15) is 5.26 Å². The van der Waals surface area contributed by atoms with E-state index in [9.17, 15) is 5.26 Å². The Balaban J connectivity index is 2.45. The average Bonchev–Trinajstić information content (AvgIpc) is 2.38. The summed E-state index contributed by atoms with van der Waals surface area (Å²) < 4.78 is 0. The van der Waals surface area contributed by atoms with Gasteiger partial charge in [0.1, 0.15) is 0 Å². The van der Waals surface area contributed by atoms with E-state index in [4.69, 9.17) is 0 Å². The van der Waals surface area contributed by atoms with E-state index in [0.717, 1.165) is 38.9 Å². The Morgan fingerprint density at radius 1 is 1.28 bits per heavy atom. The maximum Gasteiger partial charge on any atom is 0.0694 e. The van der Waals surface area contributed by atoms with Crippen molar-refractivity contribution in [2.75, 3.05) is 33.7 Å². The first kappa shape index (κ1) is 14.8. The van der Waals surface area contributed by atoms with Gasteiger partial charge in [-0.15, -0.1) is 0 Å². The first-order valence-corrected chi connectivity index (χ1v) is 6.75. The van der Waals surface area contributed by atoms with Gasteiger partial charge in [-0.05, 0) is 51.2 Å². The zero-order valence-electron chi connectivity index (χ0n) is 11.9. The number of likely N-dealkylation sites (tertiary alicyclic amines) is 1. The van der Waals surface area contributed by atoms with Crippen LogP contribution in [0.2, 0.25) is 0 Å². The molecule has 100 valence electrons. The first-order valence-electron chi connectivity index (χ1n) is 6.75. The third kappa shape index (κ3) is 4.54. The van der Waals surface area contributed by atoms with Crippen LogP contribution in [0.4, 0.5) is 0 Å². The van der Waals surface area contributed by atoms with Gasteiger partial charge in [0.05, 0.1) is 11.5 Å². The summed E-state index contributed by atoms with van der Waals surface area (Å²) in [5.74, 6) is 0. The van der Waals surface area contributed by atoms with Gasteiger partial charge in [-0.25, -0.2) is 0 Å². The lowest BCUT2D eigenvalue weighted by atomic mass is 9.77. The van der Waals surface area contributed by atoms with Gasteiger partial charge in [0.2, 0.25) is 0 Å². The van der Waals surface area contributed by atoms with Crippen LogP contribution in [0, 0.1) is 16.7 Å². The summed E-state index contributed by atoms with van der Waals surface area (Å²) >= 11 is 0. The maximum atomic E-state index is 9.42. The van der Waals surface area contributed by atoms with Crippen LogP contribution in [0.1, 0.15) is 26.2 Å². The zero-order valence-corrected chi connectivity index (χ0v) is 11.9. The predicted octanol–water partition coefficient (Wildman–Crippen LogP) is 2.63. The van der Waals surface area contributed by atoms with E-state index in [0.29, 0.717) is 0 Å². The Hall–Kier alpha value is -1.27. The average molecular weight is 247 g/mol. The van der Waals surface area contributed by atoms with Crippen LogP contribution in [-0.2, 0) is 0 Å². The lowest BCUT2D eigenvalue weighted by Crippen LogP contribution is -2.39. The molecule has 1 aliphatic heterocycles. The van der Waals surface area contributed by atoms with Gasteiger partial charge in [0.25, 0.3) is 0 Å². The van der Waals surface area contributed by atoms with Gasteiger partial charge < -0.3 is 9.80 Å². The summed E-state index contributed by atoms with van der Waals surface area (Å²) in [6.45, 7) is 5.41. The van der Waals surface area contributed by atoms with E-state index in [2.05, 4.69) is 24.0 Å². The molecule has 0 radical (unpaired) electrons. The molecule has 1 heterocycles. The highest BCUT2D eigenvalue weighted by atomic mass is 15.1. The van der Waals surface area contributed by atoms with Gasteiger partial charge >= 0.3 is 0 Å². The second-order valence-electron chi connectivity index (χ2n) is 5.26. The number of nitriles is 1. The van der Waals surface area contributed by atoms with Crippen molar-refractivity contribution >= 4 is 0 Å². The summed E-state index contributed by atoms with van der Waals surface area (Å²) in [6, 6.07) is 2.55. The molecular weight excluding hydrogens is 222 g/mol. The van der Waals surface area contributed by atoms with Crippen LogP contribution >= 0.6 is 0 Å². The number of hydrogen-bond acceptors (Lipinski definition) is 3. The molecule has 3 heteroatoms. The monoisotopic (exact) mass is 247 g/mol. The molecule has 0 aromatic rings. The molecule has 0 aromatic carbocycles. The molecule has 0 N–H and O–H groups in total. The van der Waals surface area contributed by atoms with Gasteiger partial charge in [-0.1, -0.05) is 19.1 Å². The Morgan fingerprint density at radius 3 is 2.44 bits per heavy atom. The smallest absolute Gasteiger partial charge is 0.0694 e. The molecular formula is C15H25N3. The number of rotatable bonds is 5. The Labute approximate surface area is 111 Å². The van der Waals surface area contributed by atoms with Crippen molar-refractivity contribution in [3.63, 3.8) is 0 Å². The molecule has 0 unspecified atom stereocenters. The largest absolute Gasteiger partial charge is 0.383 e. The second kappa shape index (κ2) is 7.23. The number of nitrogens with zero attached hydrogens (tertiary/aromatic N) is 3. The third-order valence-electron chi connectivity index (χ3n) is 3.64. The number of allylic oxidation sites excluding steroid dienone is 3. The minimum Gasteiger partial charge on any atom is -0.383 e. The second-order valence-corrected chi connectivity index (χ2v) is 5.26. The Bertz CT molecular complexity index is 328. The molecule has 3 nitrogen and oxygen atoms in total. The normalized spacial score (nSPS) is 20.3. The Kier molecular flexibility index (Phi) is 5.94. The summed E-state index contributed by atoms with van der Waals surface area (Å²) in [5.41, 5.74) is -0.131. The van der Waals surface area contributed by atoms with Crippen LogP contribution in [-0.4, -0.2) is 43.5 Å². The lowest BCUT2D eigenvalue weighted by Gasteiger charge is -2.36. The molecule has 1 aliphatic rings. The molecule has 0 amide bonds. The molecule has 0 aromatic heterocycles. The molecule has 0 spiro atoms. The highest BCUT2D eigenvalue weighted by molar-refractivity contribution is 5.09. The van der Waals surface area contributed by atoms with Crippen molar-refractivity contribution in [1.29, 1.82) is 5.26 Å². The summed E-state index contributed by atoms with van der Waals surface area (Å²) in [4.78, 5) is 4.43. The summed E-state index contributed by atoms with van der Waals surface area (Å²) in [6.07, 6.45) is 11.1. The number of hydrogen-bond donors (Lipinski definition) is 0. The molecule has 1 fully saturated rings. The lowest BCUT2D eigenvalue weighted by molar-refractivity contribution is 0.152. The molecule has 18 heavy (non-hydrogen) atoms. The van der Waals surface area contributed by atoms with E-state index in [1.54, 1.807) is 0 Å². The quantitative estimate of drug-likeness (QED) is 0.700. The van der Waals surface area contributed by atoms with Crippen molar-refractivity contribution in [3.05, 3.63) is 24.4 Å². The van der Waals surface area contributed by atoms with Crippen LogP contribution < -0.4 is 0 Å². The van der Waals surface area contributed by atoms with E-state index in [-0.39, 0.29) is 5.41 Å². The number of piperidine rings is 1. The fourth-order valence-corrected chi connectivity index (χ4v) is 2.25.